The summed E-state index contributed by atoms with van der Waals surface area (Å²) in [5.74, 6) is -1.05. The van der Waals surface area contributed by atoms with E-state index in [4.69, 9.17) is 11.6 Å². The van der Waals surface area contributed by atoms with E-state index < -0.39 is 23.9 Å². The molecule has 1 unspecified atom stereocenters. The first-order valence-corrected chi connectivity index (χ1v) is 7.67. The van der Waals surface area contributed by atoms with Gasteiger partial charge >= 0.3 is 6.03 Å². The summed E-state index contributed by atoms with van der Waals surface area (Å²) in [7, 11) is 0. The third-order valence-electron chi connectivity index (χ3n) is 3.62. The van der Waals surface area contributed by atoms with Crippen LogP contribution < -0.4 is 10.7 Å². The number of nitrogens with zero attached hydrogens (tertiary/aromatic N) is 1. The van der Waals surface area contributed by atoms with Gasteiger partial charge in [0.1, 0.15) is 6.04 Å². The van der Waals surface area contributed by atoms with Crippen molar-refractivity contribution in [1.82, 2.24) is 15.8 Å². The lowest BCUT2D eigenvalue weighted by Crippen LogP contribution is -2.46. The zero-order chi connectivity index (χ0) is 17.1. The average molecular weight is 344 g/mol. The Kier molecular flexibility index (Phi) is 4.48. The first-order chi connectivity index (χ1) is 11.5. The van der Waals surface area contributed by atoms with Crippen molar-refractivity contribution in [3.63, 3.8) is 0 Å². The standard InChI is InChI=1S/C17H14ClN3O3/c18-13-8-6-12(7-9-13)15(22)20-21-16(23)14(19-17(21)24)10-11-4-2-1-3-5-11/h1-9,14H,10H2,(H,19,24)(H,20,22). The molecule has 1 fully saturated rings. The monoisotopic (exact) mass is 343 g/mol. The van der Waals surface area contributed by atoms with Crippen LogP contribution in [0.5, 0.6) is 0 Å². The highest BCUT2D eigenvalue weighted by atomic mass is 35.5. The van der Waals surface area contributed by atoms with Gasteiger partial charge in [-0.25, -0.2) is 4.79 Å². The molecule has 2 N–H and O–H groups in total. The molecule has 1 saturated heterocycles. The molecular formula is C17H14ClN3O3. The molecule has 122 valence electrons. The van der Waals surface area contributed by atoms with Gasteiger partial charge in [-0.1, -0.05) is 41.9 Å². The molecule has 1 aliphatic heterocycles. The molecule has 1 heterocycles. The summed E-state index contributed by atoms with van der Waals surface area (Å²) in [6.07, 6.45) is 0.360. The summed E-state index contributed by atoms with van der Waals surface area (Å²) in [4.78, 5) is 36.5. The Bertz CT molecular complexity index is 777. The Morgan fingerprint density at radius 1 is 1.08 bits per heavy atom. The van der Waals surface area contributed by atoms with E-state index in [2.05, 4.69) is 10.7 Å². The minimum absolute atomic E-state index is 0.298. The molecule has 0 aromatic heterocycles. The second-order valence-electron chi connectivity index (χ2n) is 5.31. The van der Waals surface area contributed by atoms with E-state index in [0.717, 1.165) is 5.56 Å². The Balaban J connectivity index is 1.68. The largest absolute Gasteiger partial charge is 0.344 e. The van der Waals surface area contributed by atoms with Crippen LogP contribution in [0.3, 0.4) is 0 Å². The maximum atomic E-state index is 12.3. The molecule has 0 radical (unpaired) electrons. The van der Waals surface area contributed by atoms with E-state index in [1.54, 1.807) is 12.1 Å². The molecule has 6 nitrogen and oxygen atoms in total. The maximum absolute atomic E-state index is 12.3. The number of halogens is 1. The van der Waals surface area contributed by atoms with Crippen LogP contribution in [0.25, 0.3) is 0 Å². The highest BCUT2D eigenvalue weighted by Gasteiger charge is 2.39. The Morgan fingerprint density at radius 2 is 1.75 bits per heavy atom. The molecule has 0 bridgehead atoms. The molecule has 24 heavy (non-hydrogen) atoms. The summed E-state index contributed by atoms with van der Waals surface area (Å²) in [6, 6.07) is 14.1. The number of amides is 4. The molecule has 0 saturated carbocycles. The van der Waals surface area contributed by atoms with Gasteiger partial charge in [0.25, 0.3) is 11.8 Å². The first kappa shape index (κ1) is 16.0. The van der Waals surface area contributed by atoms with Crippen molar-refractivity contribution in [2.45, 2.75) is 12.5 Å². The molecule has 3 rings (SSSR count). The summed E-state index contributed by atoms with van der Waals surface area (Å²) in [5.41, 5.74) is 3.54. The van der Waals surface area contributed by atoms with Gasteiger partial charge in [-0.3, -0.25) is 15.0 Å². The molecule has 7 heteroatoms. The average Bonchev–Trinajstić information content (AvgIpc) is 2.84. The van der Waals surface area contributed by atoms with Gasteiger partial charge < -0.3 is 5.32 Å². The predicted molar refractivity (Wildman–Crippen MR) is 88.2 cm³/mol. The number of hydrogen-bond donors (Lipinski definition) is 2. The van der Waals surface area contributed by atoms with Crippen molar-refractivity contribution in [3.05, 3.63) is 70.7 Å². The van der Waals surface area contributed by atoms with Gasteiger partial charge in [0.2, 0.25) is 0 Å². The van der Waals surface area contributed by atoms with Crippen LogP contribution in [0, 0.1) is 0 Å². The normalized spacial score (nSPS) is 16.9. The third-order valence-corrected chi connectivity index (χ3v) is 3.87. The molecule has 2 aromatic carbocycles. The lowest BCUT2D eigenvalue weighted by Gasteiger charge is -2.14. The lowest BCUT2D eigenvalue weighted by atomic mass is 10.1. The molecule has 1 atom stereocenters. The number of nitrogens with one attached hydrogen (secondary N) is 2. The van der Waals surface area contributed by atoms with Crippen molar-refractivity contribution in [1.29, 1.82) is 0 Å². The highest BCUT2D eigenvalue weighted by molar-refractivity contribution is 6.30. The fourth-order valence-electron chi connectivity index (χ4n) is 2.39. The van der Waals surface area contributed by atoms with Crippen LogP contribution in [-0.2, 0) is 11.2 Å². The number of carbonyl (C=O) groups excluding carboxylic acids is 3. The number of imide groups is 1. The van der Waals surface area contributed by atoms with E-state index >= 15 is 0 Å². The van der Waals surface area contributed by atoms with E-state index in [0.29, 0.717) is 22.0 Å². The van der Waals surface area contributed by atoms with Gasteiger partial charge in [-0.05, 0) is 29.8 Å². The van der Waals surface area contributed by atoms with Gasteiger partial charge in [-0.2, -0.15) is 5.01 Å². The minimum atomic E-state index is -0.703. The fourth-order valence-corrected chi connectivity index (χ4v) is 2.52. The van der Waals surface area contributed by atoms with E-state index in [-0.39, 0.29) is 0 Å². The van der Waals surface area contributed by atoms with Crippen molar-refractivity contribution >= 4 is 29.4 Å². The fraction of sp³-hybridized carbons (Fsp3) is 0.118. The maximum Gasteiger partial charge on any atom is 0.344 e. The molecule has 2 aromatic rings. The summed E-state index contributed by atoms with van der Waals surface area (Å²) >= 11 is 5.77. The van der Waals surface area contributed by atoms with Crippen LogP contribution in [0.4, 0.5) is 4.79 Å². The van der Waals surface area contributed by atoms with Crippen LogP contribution in [0.15, 0.2) is 54.6 Å². The van der Waals surface area contributed by atoms with Crippen molar-refractivity contribution in [3.8, 4) is 0 Å². The van der Waals surface area contributed by atoms with Crippen molar-refractivity contribution in [2.75, 3.05) is 0 Å². The molecule has 1 aliphatic rings. The summed E-state index contributed by atoms with van der Waals surface area (Å²) in [5, 5.41) is 3.77. The van der Waals surface area contributed by atoms with E-state index in [9.17, 15) is 14.4 Å². The van der Waals surface area contributed by atoms with E-state index in [1.165, 1.54) is 12.1 Å². The zero-order valence-electron chi connectivity index (χ0n) is 12.5. The topological polar surface area (TPSA) is 78.5 Å². The molecule has 4 amide bonds. The summed E-state index contributed by atoms with van der Waals surface area (Å²) in [6.45, 7) is 0. The second kappa shape index (κ2) is 6.72. The van der Waals surface area contributed by atoms with Crippen LogP contribution in [-0.4, -0.2) is 28.9 Å². The number of carbonyl (C=O) groups is 3. The third kappa shape index (κ3) is 3.38. The minimum Gasteiger partial charge on any atom is -0.324 e. The quantitative estimate of drug-likeness (QED) is 0.835. The Hall–Kier alpha value is -2.86. The number of hydrazine groups is 1. The predicted octanol–water partition coefficient (Wildman–Crippen LogP) is 2.15. The van der Waals surface area contributed by atoms with Crippen molar-refractivity contribution < 1.29 is 14.4 Å². The molecule has 0 spiro atoms. The lowest BCUT2D eigenvalue weighted by molar-refractivity contribution is -0.129. The smallest absolute Gasteiger partial charge is 0.324 e. The van der Waals surface area contributed by atoms with Gasteiger partial charge in [0.05, 0.1) is 0 Å². The number of hydrogen-bond acceptors (Lipinski definition) is 3. The molecular weight excluding hydrogens is 330 g/mol. The highest BCUT2D eigenvalue weighted by Crippen LogP contribution is 2.12. The van der Waals surface area contributed by atoms with E-state index in [1.807, 2.05) is 30.3 Å². The van der Waals surface area contributed by atoms with Gasteiger partial charge in [0.15, 0.2) is 0 Å². The summed E-state index contributed by atoms with van der Waals surface area (Å²) < 4.78 is 0. The Morgan fingerprint density at radius 3 is 2.42 bits per heavy atom. The van der Waals surface area contributed by atoms with Crippen molar-refractivity contribution in [2.24, 2.45) is 0 Å². The second-order valence-corrected chi connectivity index (χ2v) is 5.75. The zero-order valence-corrected chi connectivity index (χ0v) is 13.3. The molecule has 0 aliphatic carbocycles. The Labute approximate surface area is 143 Å². The first-order valence-electron chi connectivity index (χ1n) is 7.29. The van der Waals surface area contributed by atoms with Gasteiger partial charge in [0, 0.05) is 17.0 Å². The number of urea groups is 1. The van der Waals surface area contributed by atoms with Crippen LogP contribution in [0.1, 0.15) is 15.9 Å². The van der Waals surface area contributed by atoms with Gasteiger partial charge in [-0.15, -0.1) is 0 Å². The van der Waals surface area contributed by atoms with Crippen LogP contribution in [0.2, 0.25) is 5.02 Å². The van der Waals surface area contributed by atoms with Crippen LogP contribution >= 0.6 is 11.6 Å². The number of rotatable bonds is 4. The SMILES string of the molecule is O=C(NN1C(=O)NC(Cc2ccccc2)C1=O)c1ccc(Cl)cc1. The number of benzene rings is 2.